The summed E-state index contributed by atoms with van der Waals surface area (Å²) in [6.45, 7) is 2.11. The highest BCUT2D eigenvalue weighted by Gasteiger charge is 2.15. The third-order valence-corrected chi connectivity index (χ3v) is 4.26. The van der Waals surface area contributed by atoms with Crippen LogP contribution in [-0.2, 0) is 13.1 Å². The van der Waals surface area contributed by atoms with E-state index in [1.807, 2.05) is 41.1 Å². The van der Waals surface area contributed by atoms with Gasteiger partial charge in [0.1, 0.15) is 0 Å². The van der Waals surface area contributed by atoms with E-state index in [0.717, 1.165) is 24.3 Å². The van der Waals surface area contributed by atoms with Gasteiger partial charge in [0.25, 0.3) is 0 Å². The average molecular weight is 313 g/mol. The normalized spacial score (nSPS) is 12.6. The standard InChI is InChI=1S/C17H19N3OS/c21-17(15-7-9-22-13-15)12-20(11-16-6-8-18-19-16)10-14-4-2-1-3-5-14/h1-9,13,17,21H,10-12H2,(H,18,19). The van der Waals surface area contributed by atoms with Gasteiger partial charge >= 0.3 is 0 Å². The molecule has 0 saturated carbocycles. The topological polar surface area (TPSA) is 52.1 Å². The number of aromatic amines is 1. The zero-order chi connectivity index (χ0) is 15.2. The number of rotatable bonds is 7. The Morgan fingerprint density at radius 2 is 2.00 bits per heavy atom. The third kappa shape index (κ3) is 4.04. The zero-order valence-corrected chi connectivity index (χ0v) is 13.0. The summed E-state index contributed by atoms with van der Waals surface area (Å²) in [6.07, 6.45) is 1.28. The van der Waals surface area contributed by atoms with Crippen LogP contribution in [0.25, 0.3) is 0 Å². The average Bonchev–Trinajstić information content (AvgIpc) is 3.21. The summed E-state index contributed by atoms with van der Waals surface area (Å²) in [4.78, 5) is 2.23. The van der Waals surface area contributed by atoms with E-state index < -0.39 is 6.10 Å². The number of aromatic nitrogens is 2. The maximum absolute atomic E-state index is 10.4. The lowest BCUT2D eigenvalue weighted by atomic mass is 10.1. The molecule has 0 fully saturated rings. The van der Waals surface area contributed by atoms with Crippen LogP contribution < -0.4 is 0 Å². The molecule has 1 aromatic carbocycles. The molecule has 5 heteroatoms. The predicted molar refractivity (Wildman–Crippen MR) is 88.4 cm³/mol. The number of aliphatic hydroxyl groups is 1. The number of nitrogens with one attached hydrogen (secondary N) is 1. The van der Waals surface area contributed by atoms with E-state index in [0.29, 0.717) is 6.54 Å². The van der Waals surface area contributed by atoms with E-state index in [1.165, 1.54) is 5.56 Å². The first-order chi connectivity index (χ1) is 10.8. The second kappa shape index (κ2) is 7.35. The van der Waals surface area contributed by atoms with Gasteiger partial charge in [0.2, 0.25) is 0 Å². The monoisotopic (exact) mass is 313 g/mol. The lowest BCUT2D eigenvalue weighted by Crippen LogP contribution is -2.28. The smallest absolute Gasteiger partial charge is 0.0925 e. The van der Waals surface area contributed by atoms with E-state index in [9.17, 15) is 5.11 Å². The summed E-state index contributed by atoms with van der Waals surface area (Å²) in [5, 5.41) is 21.4. The summed E-state index contributed by atoms with van der Waals surface area (Å²) in [6, 6.07) is 14.3. The molecular formula is C17H19N3OS. The minimum absolute atomic E-state index is 0.474. The van der Waals surface area contributed by atoms with Crippen LogP contribution in [0.3, 0.4) is 0 Å². The molecule has 0 amide bonds. The fourth-order valence-corrected chi connectivity index (χ4v) is 3.16. The number of H-pyrrole nitrogens is 1. The van der Waals surface area contributed by atoms with Crippen molar-refractivity contribution >= 4 is 11.3 Å². The second-order valence-corrected chi connectivity index (χ2v) is 6.09. The maximum Gasteiger partial charge on any atom is 0.0925 e. The van der Waals surface area contributed by atoms with Gasteiger partial charge in [-0.05, 0) is 34.0 Å². The van der Waals surface area contributed by atoms with E-state index in [2.05, 4.69) is 27.2 Å². The van der Waals surface area contributed by atoms with E-state index >= 15 is 0 Å². The Balaban J connectivity index is 1.70. The highest BCUT2D eigenvalue weighted by molar-refractivity contribution is 7.07. The van der Waals surface area contributed by atoms with Crippen molar-refractivity contribution in [2.45, 2.75) is 19.2 Å². The number of thiophene rings is 1. The Hall–Kier alpha value is -1.95. The Bertz CT molecular complexity index is 653. The fraction of sp³-hybridized carbons (Fsp3) is 0.235. The molecule has 0 bridgehead atoms. The minimum atomic E-state index is -0.474. The van der Waals surface area contributed by atoms with E-state index in [1.54, 1.807) is 17.5 Å². The Labute approximate surface area is 134 Å². The van der Waals surface area contributed by atoms with Gasteiger partial charge in [0, 0.05) is 31.5 Å². The summed E-state index contributed by atoms with van der Waals surface area (Å²) < 4.78 is 0. The van der Waals surface area contributed by atoms with Gasteiger partial charge in [-0.2, -0.15) is 16.4 Å². The van der Waals surface area contributed by atoms with Crippen LogP contribution in [0.4, 0.5) is 0 Å². The van der Waals surface area contributed by atoms with Gasteiger partial charge in [-0.15, -0.1) is 0 Å². The summed E-state index contributed by atoms with van der Waals surface area (Å²) in [5.74, 6) is 0. The zero-order valence-electron chi connectivity index (χ0n) is 12.2. The maximum atomic E-state index is 10.4. The summed E-state index contributed by atoms with van der Waals surface area (Å²) in [7, 11) is 0. The molecular weight excluding hydrogens is 294 g/mol. The summed E-state index contributed by atoms with van der Waals surface area (Å²) >= 11 is 1.61. The van der Waals surface area contributed by atoms with Crippen molar-refractivity contribution in [1.82, 2.24) is 15.1 Å². The summed E-state index contributed by atoms with van der Waals surface area (Å²) in [5.41, 5.74) is 3.26. The van der Waals surface area contributed by atoms with Crippen molar-refractivity contribution in [3.63, 3.8) is 0 Å². The molecule has 0 aliphatic rings. The van der Waals surface area contributed by atoms with Crippen LogP contribution in [0.2, 0.25) is 0 Å². The van der Waals surface area contributed by atoms with Gasteiger partial charge in [0.05, 0.1) is 6.10 Å². The molecule has 0 saturated heterocycles. The fourth-order valence-electron chi connectivity index (χ4n) is 2.45. The van der Waals surface area contributed by atoms with Crippen LogP contribution in [0, 0.1) is 0 Å². The molecule has 1 unspecified atom stereocenters. The van der Waals surface area contributed by atoms with Crippen LogP contribution >= 0.6 is 11.3 Å². The Kier molecular flexibility index (Phi) is 5.00. The molecule has 3 rings (SSSR count). The van der Waals surface area contributed by atoms with Crippen molar-refractivity contribution in [3.8, 4) is 0 Å². The van der Waals surface area contributed by atoms with Crippen LogP contribution in [0.15, 0.2) is 59.4 Å². The van der Waals surface area contributed by atoms with E-state index in [-0.39, 0.29) is 0 Å². The van der Waals surface area contributed by atoms with Gasteiger partial charge in [0.15, 0.2) is 0 Å². The van der Waals surface area contributed by atoms with Gasteiger partial charge < -0.3 is 5.11 Å². The lowest BCUT2D eigenvalue weighted by molar-refractivity contribution is 0.104. The molecule has 4 nitrogen and oxygen atoms in total. The molecule has 114 valence electrons. The van der Waals surface area contributed by atoms with Crippen molar-refractivity contribution in [2.24, 2.45) is 0 Å². The van der Waals surface area contributed by atoms with Crippen molar-refractivity contribution in [2.75, 3.05) is 6.54 Å². The first kappa shape index (κ1) is 15.0. The number of benzene rings is 1. The highest BCUT2D eigenvalue weighted by atomic mass is 32.1. The van der Waals surface area contributed by atoms with Crippen molar-refractivity contribution in [3.05, 3.63) is 76.2 Å². The second-order valence-electron chi connectivity index (χ2n) is 5.31. The largest absolute Gasteiger partial charge is 0.387 e. The third-order valence-electron chi connectivity index (χ3n) is 3.56. The minimum Gasteiger partial charge on any atom is -0.387 e. The first-order valence-corrected chi connectivity index (χ1v) is 8.20. The molecule has 2 aromatic heterocycles. The van der Waals surface area contributed by atoms with E-state index in [4.69, 9.17) is 0 Å². The number of hydrogen-bond donors (Lipinski definition) is 2. The van der Waals surface area contributed by atoms with Gasteiger partial charge in [-0.1, -0.05) is 30.3 Å². The molecule has 2 N–H and O–H groups in total. The molecule has 2 heterocycles. The predicted octanol–water partition coefficient (Wildman–Crippen LogP) is 3.21. The van der Waals surface area contributed by atoms with Crippen LogP contribution in [0.5, 0.6) is 0 Å². The molecule has 0 aliphatic carbocycles. The van der Waals surface area contributed by atoms with Gasteiger partial charge in [-0.25, -0.2) is 0 Å². The molecule has 3 aromatic rings. The molecule has 22 heavy (non-hydrogen) atoms. The quantitative estimate of drug-likeness (QED) is 0.704. The molecule has 0 radical (unpaired) electrons. The molecule has 0 spiro atoms. The van der Waals surface area contributed by atoms with Crippen molar-refractivity contribution in [1.29, 1.82) is 0 Å². The SMILES string of the molecule is OC(CN(Cc1ccccc1)Cc1ccn[nH]1)c1ccsc1. The first-order valence-electron chi connectivity index (χ1n) is 7.26. The number of aliphatic hydroxyl groups excluding tert-OH is 1. The van der Waals surface area contributed by atoms with Crippen LogP contribution in [-0.4, -0.2) is 26.7 Å². The highest BCUT2D eigenvalue weighted by Crippen LogP contribution is 2.19. The van der Waals surface area contributed by atoms with Crippen LogP contribution in [0.1, 0.15) is 22.9 Å². The number of hydrogen-bond acceptors (Lipinski definition) is 4. The molecule has 1 atom stereocenters. The Morgan fingerprint density at radius 1 is 1.14 bits per heavy atom. The van der Waals surface area contributed by atoms with Crippen molar-refractivity contribution < 1.29 is 5.11 Å². The Morgan fingerprint density at radius 3 is 2.68 bits per heavy atom. The van der Waals surface area contributed by atoms with Gasteiger partial charge in [-0.3, -0.25) is 10.00 Å². The number of nitrogens with zero attached hydrogens (tertiary/aromatic N) is 2. The molecule has 0 aliphatic heterocycles. The lowest BCUT2D eigenvalue weighted by Gasteiger charge is -2.24.